The number of aryl methyl sites for hydroxylation is 1. The van der Waals surface area contributed by atoms with Crippen molar-refractivity contribution >= 4 is 5.91 Å². The van der Waals surface area contributed by atoms with Crippen LogP contribution in [0, 0.1) is 6.92 Å². The predicted molar refractivity (Wildman–Crippen MR) is 97.9 cm³/mol. The van der Waals surface area contributed by atoms with Crippen molar-refractivity contribution in [3.63, 3.8) is 0 Å². The molecule has 1 amide bonds. The molecular weight excluding hydrogens is 298 g/mol. The van der Waals surface area contributed by atoms with E-state index in [0.717, 1.165) is 32.2 Å². The minimum atomic E-state index is 0.229. The number of amides is 1. The molecule has 3 rings (SSSR count). The molecule has 1 aromatic carbocycles. The molecule has 0 aromatic heterocycles. The Morgan fingerprint density at radius 1 is 1.12 bits per heavy atom. The highest BCUT2D eigenvalue weighted by molar-refractivity contribution is 5.78. The normalized spacial score (nSPS) is 20.4. The first-order valence-electron chi connectivity index (χ1n) is 9.38. The second-order valence-corrected chi connectivity index (χ2v) is 7.43. The molecule has 0 radical (unpaired) electrons. The van der Waals surface area contributed by atoms with Crippen molar-refractivity contribution in [2.75, 3.05) is 39.8 Å². The molecule has 1 heterocycles. The molecule has 0 unspecified atom stereocenters. The summed E-state index contributed by atoms with van der Waals surface area (Å²) in [6, 6.07) is 9.12. The maximum Gasteiger partial charge on any atom is 0.236 e. The van der Waals surface area contributed by atoms with Gasteiger partial charge in [0, 0.05) is 45.8 Å². The van der Waals surface area contributed by atoms with E-state index in [1.54, 1.807) is 0 Å². The van der Waals surface area contributed by atoms with Crippen molar-refractivity contribution in [1.29, 1.82) is 0 Å². The highest BCUT2D eigenvalue weighted by Crippen LogP contribution is 2.24. The number of carbonyl (C=O) groups excluding carboxylic acids is 1. The van der Waals surface area contributed by atoms with Gasteiger partial charge in [-0.3, -0.25) is 14.6 Å². The van der Waals surface area contributed by atoms with E-state index >= 15 is 0 Å². The molecule has 24 heavy (non-hydrogen) atoms. The van der Waals surface area contributed by atoms with Crippen LogP contribution in [0.25, 0.3) is 0 Å². The molecule has 0 bridgehead atoms. The lowest BCUT2D eigenvalue weighted by atomic mass is 10.1. The molecule has 0 atom stereocenters. The summed E-state index contributed by atoms with van der Waals surface area (Å²) in [5.41, 5.74) is 2.49. The Morgan fingerprint density at radius 3 is 2.46 bits per heavy atom. The van der Waals surface area contributed by atoms with Gasteiger partial charge in [0.15, 0.2) is 0 Å². The number of hydrogen-bond acceptors (Lipinski definition) is 3. The summed E-state index contributed by atoms with van der Waals surface area (Å²) in [6.07, 6.45) is 5.54. The van der Waals surface area contributed by atoms with Gasteiger partial charge in [-0.2, -0.15) is 0 Å². The molecule has 1 aliphatic heterocycles. The molecular formula is C20H31N3O. The van der Waals surface area contributed by atoms with Gasteiger partial charge in [-0.25, -0.2) is 0 Å². The standard InChI is InChI=1S/C20H31N3O/c1-17-7-3-4-8-18(17)15-21(2)20(24)16-22-11-13-23(14-12-22)19-9-5-6-10-19/h3-4,7-8,19H,5-6,9-16H2,1-2H3. The number of nitrogens with zero attached hydrogens (tertiary/aromatic N) is 3. The van der Waals surface area contributed by atoms with Gasteiger partial charge in [-0.05, 0) is 30.9 Å². The summed E-state index contributed by atoms with van der Waals surface area (Å²) < 4.78 is 0. The third kappa shape index (κ3) is 4.37. The summed E-state index contributed by atoms with van der Waals surface area (Å²) in [5, 5.41) is 0. The van der Waals surface area contributed by atoms with Crippen LogP contribution in [0.4, 0.5) is 0 Å². The third-order valence-corrected chi connectivity index (χ3v) is 5.70. The van der Waals surface area contributed by atoms with Crippen molar-refractivity contribution in [2.24, 2.45) is 0 Å². The van der Waals surface area contributed by atoms with Gasteiger partial charge in [0.2, 0.25) is 5.91 Å². The maximum absolute atomic E-state index is 12.5. The van der Waals surface area contributed by atoms with E-state index in [4.69, 9.17) is 0 Å². The molecule has 0 N–H and O–H groups in total. The number of benzene rings is 1. The summed E-state index contributed by atoms with van der Waals surface area (Å²) in [7, 11) is 1.92. The Labute approximate surface area is 146 Å². The smallest absolute Gasteiger partial charge is 0.236 e. The van der Waals surface area contributed by atoms with Gasteiger partial charge in [0.1, 0.15) is 0 Å². The van der Waals surface area contributed by atoms with Gasteiger partial charge in [-0.15, -0.1) is 0 Å². The minimum Gasteiger partial charge on any atom is -0.340 e. The van der Waals surface area contributed by atoms with Crippen molar-refractivity contribution in [2.45, 2.75) is 45.2 Å². The Bertz CT molecular complexity index is 546. The van der Waals surface area contributed by atoms with E-state index in [-0.39, 0.29) is 5.91 Å². The largest absolute Gasteiger partial charge is 0.340 e. The molecule has 1 saturated carbocycles. The highest BCUT2D eigenvalue weighted by Gasteiger charge is 2.27. The topological polar surface area (TPSA) is 26.8 Å². The Balaban J connectivity index is 1.44. The lowest BCUT2D eigenvalue weighted by Gasteiger charge is -2.38. The van der Waals surface area contributed by atoms with Crippen LogP contribution in [-0.2, 0) is 11.3 Å². The number of hydrogen-bond donors (Lipinski definition) is 0. The van der Waals surface area contributed by atoms with Crippen molar-refractivity contribution in [3.05, 3.63) is 35.4 Å². The van der Waals surface area contributed by atoms with E-state index in [1.807, 2.05) is 24.1 Å². The van der Waals surface area contributed by atoms with Crippen molar-refractivity contribution < 1.29 is 4.79 Å². The second kappa shape index (κ2) is 8.13. The Kier molecular flexibility index (Phi) is 5.90. The average molecular weight is 329 g/mol. The second-order valence-electron chi connectivity index (χ2n) is 7.43. The fraction of sp³-hybridized carbons (Fsp3) is 0.650. The highest BCUT2D eigenvalue weighted by atomic mass is 16.2. The van der Waals surface area contributed by atoms with Gasteiger partial charge in [0.25, 0.3) is 0 Å². The molecule has 4 nitrogen and oxygen atoms in total. The van der Waals surface area contributed by atoms with Crippen LogP contribution >= 0.6 is 0 Å². The van der Waals surface area contributed by atoms with Crippen LogP contribution < -0.4 is 0 Å². The number of piperazine rings is 1. The fourth-order valence-corrected chi connectivity index (χ4v) is 4.00. The van der Waals surface area contributed by atoms with Crippen LogP contribution in [0.5, 0.6) is 0 Å². The summed E-state index contributed by atoms with van der Waals surface area (Å²) in [4.78, 5) is 19.4. The molecule has 4 heteroatoms. The Morgan fingerprint density at radius 2 is 1.79 bits per heavy atom. The lowest BCUT2D eigenvalue weighted by Crippen LogP contribution is -2.51. The van der Waals surface area contributed by atoms with Crippen LogP contribution in [-0.4, -0.2) is 66.4 Å². The minimum absolute atomic E-state index is 0.229. The quantitative estimate of drug-likeness (QED) is 0.830. The molecule has 0 spiro atoms. The van der Waals surface area contributed by atoms with Crippen LogP contribution in [0.15, 0.2) is 24.3 Å². The molecule has 2 fully saturated rings. The lowest BCUT2D eigenvalue weighted by molar-refractivity contribution is -0.132. The zero-order valence-electron chi connectivity index (χ0n) is 15.2. The van der Waals surface area contributed by atoms with Gasteiger partial charge in [0.05, 0.1) is 6.54 Å². The zero-order chi connectivity index (χ0) is 16.9. The third-order valence-electron chi connectivity index (χ3n) is 5.70. The number of likely N-dealkylation sites (N-methyl/N-ethyl adjacent to an activating group) is 1. The van der Waals surface area contributed by atoms with Crippen LogP contribution in [0.1, 0.15) is 36.8 Å². The van der Waals surface area contributed by atoms with Crippen molar-refractivity contribution in [1.82, 2.24) is 14.7 Å². The van der Waals surface area contributed by atoms with Gasteiger partial charge in [-0.1, -0.05) is 37.1 Å². The molecule has 1 saturated heterocycles. The van der Waals surface area contributed by atoms with Gasteiger partial charge < -0.3 is 4.90 Å². The van der Waals surface area contributed by atoms with E-state index in [0.29, 0.717) is 13.1 Å². The first-order chi connectivity index (χ1) is 11.6. The summed E-state index contributed by atoms with van der Waals surface area (Å²) in [6.45, 7) is 7.67. The van der Waals surface area contributed by atoms with E-state index < -0.39 is 0 Å². The molecule has 1 aliphatic carbocycles. The number of rotatable bonds is 5. The maximum atomic E-state index is 12.5. The zero-order valence-corrected chi connectivity index (χ0v) is 15.2. The monoisotopic (exact) mass is 329 g/mol. The average Bonchev–Trinajstić information content (AvgIpc) is 3.12. The Hall–Kier alpha value is -1.39. The molecule has 1 aromatic rings. The van der Waals surface area contributed by atoms with E-state index in [1.165, 1.54) is 36.8 Å². The van der Waals surface area contributed by atoms with Crippen molar-refractivity contribution in [3.8, 4) is 0 Å². The first-order valence-corrected chi connectivity index (χ1v) is 9.38. The number of carbonyl (C=O) groups is 1. The van der Waals surface area contributed by atoms with Crippen LogP contribution in [0.2, 0.25) is 0 Å². The summed E-state index contributed by atoms with van der Waals surface area (Å²) in [5.74, 6) is 0.229. The molecule has 132 valence electrons. The van der Waals surface area contributed by atoms with Crippen LogP contribution in [0.3, 0.4) is 0 Å². The van der Waals surface area contributed by atoms with Gasteiger partial charge >= 0.3 is 0 Å². The first kappa shape index (κ1) is 17.4. The molecule has 2 aliphatic rings. The predicted octanol–water partition coefficient (Wildman–Crippen LogP) is 2.51. The SMILES string of the molecule is Cc1ccccc1CN(C)C(=O)CN1CCN(C2CCCC2)CC1. The van der Waals surface area contributed by atoms with E-state index in [9.17, 15) is 4.79 Å². The van der Waals surface area contributed by atoms with E-state index in [2.05, 4.69) is 28.9 Å². The fourth-order valence-electron chi connectivity index (χ4n) is 4.00. The summed E-state index contributed by atoms with van der Waals surface area (Å²) >= 11 is 0.